The number of benzene rings is 1. The number of hydrogen-bond acceptors (Lipinski definition) is 2. The average molecular weight is 367 g/mol. The molecule has 118 valence electrons. The number of carbonyl (C=O) groups excluding carboxylic acids is 1. The Labute approximate surface area is 130 Å². The lowest BCUT2D eigenvalue weighted by Crippen LogP contribution is -2.45. The van der Waals surface area contributed by atoms with Crippen molar-refractivity contribution in [2.45, 2.75) is 38.9 Å². The van der Waals surface area contributed by atoms with Gasteiger partial charge >= 0.3 is 6.18 Å². The molecule has 0 saturated carbocycles. The van der Waals surface area contributed by atoms with E-state index in [-0.39, 0.29) is 5.56 Å². The third kappa shape index (κ3) is 4.91. The van der Waals surface area contributed by atoms with Crippen LogP contribution in [0.5, 0.6) is 0 Å². The third-order valence-corrected chi connectivity index (χ3v) is 3.96. The molecule has 0 radical (unpaired) electrons. The monoisotopic (exact) mass is 366 g/mol. The van der Waals surface area contributed by atoms with E-state index in [1.807, 2.05) is 0 Å². The second kappa shape index (κ2) is 7.15. The first kappa shape index (κ1) is 17.8. The molecule has 0 bridgehead atoms. The molecular weight excluding hydrogens is 349 g/mol. The summed E-state index contributed by atoms with van der Waals surface area (Å²) in [4.78, 5) is 13.3. The van der Waals surface area contributed by atoms with Gasteiger partial charge in [0.15, 0.2) is 0 Å². The van der Waals surface area contributed by atoms with E-state index in [1.54, 1.807) is 19.9 Å². The molecule has 0 aliphatic carbocycles. The van der Waals surface area contributed by atoms with Crippen LogP contribution in [-0.4, -0.2) is 29.6 Å². The zero-order chi connectivity index (χ0) is 16.2. The first-order chi connectivity index (χ1) is 9.69. The smallest absolute Gasteiger partial charge is 0.398 e. The fraction of sp³-hybridized carbons (Fsp3) is 0.500. The summed E-state index contributed by atoms with van der Waals surface area (Å²) in [5, 5.41) is 0. The number of alkyl halides is 3. The van der Waals surface area contributed by atoms with Gasteiger partial charge in [0.05, 0.1) is 0 Å². The Kier molecular flexibility index (Phi) is 6.07. The highest BCUT2D eigenvalue weighted by Crippen LogP contribution is 2.25. The quantitative estimate of drug-likeness (QED) is 0.792. The summed E-state index contributed by atoms with van der Waals surface area (Å²) < 4.78 is 38.8. The predicted molar refractivity (Wildman–Crippen MR) is 80.0 cm³/mol. The maximum atomic E-state index is 12.7. The molecule has 0 atom stereocenters. The van der Waals surface area contributed by atoms with Gasteiger partial charge in [0, 0.05) is 21.8 Å². The van der Waals surface area contributed by atoms with E-state index in [2.05, 4.69) is 15.9 Å². The number of carbonyl (C=O) groups is 1. The van der Waals surface area contributed by atoms with Crippen molar-refractivity contribution in [3.63, 3.8) is 0 Å². The lowest BCUT2D eigenvalue weighted by molar-refractivity contribution is -0.144. The molecule has 1 aromatic rings. The Hall–Kier alpha value is -1.24. The molecule has 1 amide bonds. The van der Waals surface area contributed by atoms with Gasteiger partial charge in [0.1, 0.15) is 6.54 Å². The Morgan fingerprint density at radius 2 is 1.90 bits per heavy atom. The van der Waals surface area contributed by atoms with Crippen LogP contribution in [0, 0.1) is 0 Å². The maximum Gasteiger partial charge on any atom is 0.406 e. The summed E-state index contributed by atoms with van der Waals surface area (Å²) in [5.74, 6) is -0.653. The minimum absolute atomic E-state index is 0.159. The van der Waals surface area contributed by atoms with Crippen LogP contribution >= 0.6 is 15.9 Å². The highest BCUT2D eigenvalue weighted by atomic mass is 79.9. The van der Waals surface area contributed by atoms with E-state index in [0.717, 1.165) is 4.90 Å². The molecule has 7 heteroatoms. The Morgan fingerprint density at radius 1 is 1.33 bits per heavy atom. The average Bonchev–Trinajstić information content (AvgIpc) is 2.40. The van der Waals surface area contributed by atoms with Crippen LogP contribution in [0.1, 0.15) is 37.0 Å². The van der Waals surface area contributed by atoms with Crippen LogP contribution in [0.3, 0.4) is 0 Å². The fourth-order valence-electron chi connectivity index (χ4n) is 2.13. The standard InChI is InChI=1S/C14H18BrF3N2O/c1-3-10(4-2)20(8-14(16,17)18)13(21)9-5-6-11(15)12(19)7-9/h5-7,10H,3-4,8,19H2,1-2H3. The predicted octanol–water partition coefficient (Wildman–Crippen LogP) is 4.22. The van der Waals surface area contributed by atoms with E-state index in [4.69, 9.17) is 5.73 Å². The van der Waals surface area contributed by atoms with Gasteiger partial charge < -0.3 is 10.6 Å². The van der Waals surface area contributed by atoms with Gasteiger partial charge in [-0.25, -0.2) is 0 Å². The molecule has 0 unspecified atom stereocenters. The van der Waals surface area contributed by atoms with Crippen molar-refractivity contribution in [3.8, 4) is 0 Å². The van der Waals surface area contributed by atoms with Gasteiger partial charge in [0.2, 0.25) is 0 Å². The van der Waals surface area contributed by atoms with Gasteiger partial charge in [-0.3, -0.25) is 4.79 Å². The second-order valence-electron chi connectivity index (χ2n) is 4.75. The van der Waals surface area contributed by atoms with Crippen molar-refractivity contribution in [1.29, 1.82) is 0 Å². The number of amides is 1. The van der Waals surface area contributed by atoms with Crippen molar-refractivity contribution in [2.75, 3.05) is 12.3 Å². The molecule has 0 saturated heterocycles. The molecule has 1 rings (SSSR count). The van der Waals surface area contributed by atoms with Crippen LogP contribution in [0.2, 0.25) is 0 Å². The normalized spacial score (nSPS) is 11.8. The largest absolute Gasteiger partial charge is 0.406 e. The Bertz CT molecular complexity index is 501. The summed E-state index contributed by atoms with van der Waals surface area (Å²) in [7, 11) is 0. The molecule has 0 aliphatic rings. The van der Waals surface area contributed by atoms with Crippen LogP contribution in [0.15, 0.2) is 22.7 Å². The molecule has 0 heterocycles. The van der Waals surface area contributed by atoms with E-state index in [9.17, 15) is 18.0 Å². The summed E-state index contributed by atoms with van der Waals surface area (Å²) in [5.41, 5.74) is 6.16. The highest BCUT2D eigenvalue weighted by molar-refractivity contribution is 9.10. The van der Waals surface area contributed by atoms with E-state index < -0.39 is 24.7 Å². The Balaban J connectivity index is 3.11. The molecule has 1 aromatic carbocycles. The Morgan fingerprint density at radius 3 is 2.33 bits per heavy atom. The number of hydrogen-bond donors (Lipinski definition) is 1. The fourth-order valence-corrected chi connectivity index (χ4v) is 2.38. The maximum absolute atomic E-state index is 12.7. The third-order valence-electron chi connectivity index (χ3n) is 3.24. The lowest BCUT2D eigenvalue weighted by Gasteiger charge is -2.31. The topological polar surface area (TPSA) is 46.3 Å². The van der Waals surface area contributed by atoms with E-state index in [1.165, 1.54) is 12.1 Å². The summed E-state index contributed by atoms with van der Waals surface area (Å²) in [6.45, 7) is 2.27. The lowest BCUT2D eigenvalue weighted by atomic mass is 10.1. The minimum Gasteiger partial charge on any atom is -0.398 e. The van der Waals surface area contributed by atoms with E-state index in [0.29, 0.717) is 23.0 Å². The molecule has 0 spiro atoms. The molecular formula is C14H18BrF3N2O. The van der Waals surface area contributed by atoms with Gasteiger partial charge in [0.25, 0.3) is 5.91 Å². The van der Waals surface area contributed by atoms with Gasteiger partial charge in [-0.05, 0) is 47.0 Å². The first-order valence-electron chi connectivity index (χ1n) is 6.62. The van der Waals surface area contributed by atoms with Crippen LogP contribution < -0.4 is 5.73 Å². The van der Waals surface area contributed by atoms with Crippen molar-refractivity contribution in [1.82, 2.24) is 4.90 Å². The van der Waals surface area contributed by atoms with Crippen LogP contribution in [-0.2, 0) is 0 Å². The van der Waals surface area contributed by atoms with Gasteiger partial charge in [-0.2, -0.15) is 13.2 Å². The number of nitrogen functional groups attached to an aromatic ring is 1. The van der Waals surface area contributed by atoms with Gasteiger partial charge in [-0.1, -0.05) is 13.8 Å². The highest BCUT2D eigenvalue weighted by Gasteiger charge is 2.36. The summed E-state index contributed by atoms with van der Waals surface area (Å²) >= 11 is 3.19. The van der Waals surface area contributed by atoms with Crippen molar-refractivity contribution >= 4 is 27.5 Å². The molecule has 0 fully saturated rings. The summed E-state index contributed by atoms with van der Waals surface area (Å²) in [6, 6.07) is 3.96. The number of anilines is 1. The number of nitrogens with zero attached hydrogens (tertiary/aromatic N) is 1. The molecule has 3 nitrogen and oxygen atoms in total. The number of halogens is 4. The van der Waals surface area contributed by atoms with E-state index >= 15 is 0 Å². The zero-order valence-corrected chi connectivity index (χ0v) is 13.5. The van der Waals surface area contributed by atoms with Crippen LogP contribution in [0.25, 0.3) is 0 Å². The molecule has 0 aromatic heterocycles. The van der Waals surface area contributed by atoms with Crippen molar-refractivity contribution in [2.24, 2.45) is 0 Å². The molecule has 21 heavy (non-hydrogen) atoms. The molecule has 0 aliphatic heterocycles. The van der Waals surface area contributed by atoms with Crippen molar-refractivity contribution < 1.29 is 18.0 Å². The van der Waals surface area contributed by atoms with Crippen LogP contribution in [0.4, 0.5) is 18.9 Å². The first-order valence-corrected chi connectivity index (χ1v) is 7.41. The SMILES string of the molecule is CCC(CC)N(CC(F)(F)F)C(=O)c1ccc(Br)c(N)c1. The second-order valence-corrected chi connectivity index (χ2v) is 5.61. The molecule has 2 N–H and O–H groups in total. The van der Waals surface area contributed by atoms with Crippen molar-refractivity contribution in [3.05, 3.63) is 28.2 Å². The minimum atomic E-state index is -4.43. The number of nitrogens with two attached hydrogens (primary N) is 1. The summed E-state index contributed by atoms with van der Waals surface area (Å²) in [6.07, 6.45) is -3.51. The number of rotatable bonds is 5. The zero-order valence-electron chi connectivity index (χ0n) is 11.9. The van der Waals surface area contributed by atoms with Gasteiger partial charge in [-0.15, -0.1) is 0 Å².